The highest BCUT2D eigenvalue weighted by Gasteiger charge is 2.15. The molecule has 0 spiro atoms. The van der Waals surface area contributed by atoms with Crippen LogP contribution in [0.15, 0.2) is 194 Å². The van der Waals surface area contributed by atoms with Crippen LogP contribution in [-0.4, -0.2) is 36.4 Å². The lowest BCUT2D eigenvalue weighted by Crippen LogP contribution is -2.28. The Balaban J connectivity index is 3.75. The van der Waals surface area contributed by atoms with Crippen molar-refractivity contribution in [2.45, 2.75) is 174 Å². The monoisotopic (exact) mass is 929 g/mol. The molecule has 0 aromatic rings. The normalized spacial score (nSPS) is 13.9. The first-order valence-electron chi connectivity index (χ1n) is 26.0. The minimum absolute atomic E-state index is 0.136. The summed E-state index contributed by atoms with van der Waals surface area (Å²) in [6.45, 7) is 3.77. The van der Waals surface area contributed by atoms with Crippen molar-refractivity contribution in [2.24, 2.45) is 0 Å². The zero-order valence-electron chi connectivity index (χ0n) is 42.5. The van der Waals surface area contributed by atoms with Gasteiger partial charge in [-0.1, -0.05) is 228 Å². The SMILES string of the molecule is CC/C=C\C/C=C\C/C=C\C/C=C\C/C=C\C/C=C\C/C=C\C/C=C\C/C=C\C/C=C\C/C=C\CCCCCCCC(=O)OC(CO)COC(=O)C/C=C\C/C=C\C/C=C\C/C=C\C/C=C\CC. The molecule has 0 rings (SSSR count). The van der Waals surface area contributed by atoms with Crippen molar-refractivity contribution >= 4 is 11.9 Å². The van der Waals surface area contributed by atoms with Crippen LogP contribution in [-0.2, 0) is 19.1 Å². The average Bonchev–Trinajstić information content (AvgIpc) is 3.34. The van der Waals surface area contributed by atoms with Crippen molar-refractivity contribution in [3.05, 3.63) is 194 Å². The average molecular weight is 929 g/mol. The van der Waals surface area contributed by atoms with Crippen LogP contribution < -0.4 is 0 Å². The van der Waals surface area contributed by atoms with Crippen LogP contribution >= 0.6 is 0 Å². The lowest BCUT2D eigenvalue weighted by atomic mass is 10.1. The number of carbonyl (C=O) groups excluding carboxylic acids is 2. The highest BCUT2D eigenvalue weighted by atomic mass is 16.6. The number of aliphatic hydroxyl groups is 1. The molecule has 1 atom stereocenters. The van der Waals surface area contributed by atoms with Gasteiger partial charge in [0.15, 0.2) is 6.10 Å². The molecule has 5 nitrogen and oxygen atoms in total. The van der Waals surface area contributed by atoms with Gasteiger partial charge in [0.2, 0.25) is 0 Å². The highest BCUT2D eigenvalue weighted by Crippen LogP contribution is 2.10. The summed E-state index contributed by atoms with van der Waals surface area (Å²) in [4.78, 5) is 24.3. The van der Waals surface area contributed by atoms with E-state index in [9.17, 15) is 14.7 Å². The summed E-state index contributed by atoms with van der Waals surface area (Å²) >= 11 is 0. The fourth-order valence-electron chi connectivity index (χ4n) is 6.10. The number of unbranched alkanes of at least 4 members (excludes halogenated alkanes) is 5. The molecule has 0 aliphatic rings. The number of ether oxygens (including phenoxy) is 2. The van der Waals surface area contributed by atoms with Gasteiger partial charge in [-0.05, 0) is 122 Å². The third-order valence-corrected chi connectivity index (χ3v) is 9.92. The Morgan fingerprint density at radius 1 is 0.353 bits per heavy atom. The molecule has 0 saturated heterocycles. The Bertz CT molecular complexity index is 1660. The van der Waals surface area contributed by atoms with Gasteiger partial charge in [-0.3, -0.25) is 9.59 Å². The number of hydrogen-bond acceptors (Lipinski definition) is 5. The van der Waals surface area contributed by atoms with E-state index in [1.165, 1.54) is 0 Å². The molecule has 68 heavy (non-hydrogen) atoms. The number of hydrogen-bond donors (Lipinski definition) is 1. The third kappa shape index (κ3) is 53.4. The van der Waals surface area contributed by atoms with E-state index in [4.69, 9.17) is 9.47 Å². The molecule has 0 aliphatic heterocycles. The quantitative estimate of drug-likeness (QED) is 0.0374. The molecule has 0 aromatic carbocycles. The van der Waals surface area contributed by atoms with Gasteiger partial charge >= 0.3 is 11.9 Å². The minimum atomic E-state index is -0.838. The molecule has 0 heterocycles. The second kappa shape index (κ2) is 56.1. The third-order valence-electron chi connectivity index (χ3n) is 9.92. The van der Waals surface area contributed by atoms with E-state index >= 15 is 0 Å². The van der Waals surface area contributed by atoms with Crippen LogP contribution in [0.1, 0.15) is 168 Å². The minimum Gasteiger partial charge on any atom is -0.461 e. The maximum absolute atomic E-state index is 12.2. The second-order valence-electron chi connectivity index (χ2n) is 16.1. The molecule has 1 N–H and O–H groups in total. The molecule has 374 valence electrons. The van der Waals surface area contributed by atoms with Gasteiger partial charge in [0.25, 0.3) is 0 Å². The summed E-state index contributed by atoms with van der Waals surface area (Å²) < 4.78 is 10.5. The molecule has 0 aliphatic carbocycles. The summed E-state index contributed by atoms with van der Waals surface area (Å²) in [5.41, 5.74) is 0. The van der Waals surface area contributed by atoms with Gasteiger partial charge in [-0.15, -0.1) is 0 Å². The first-order chi connectivity index (χ1) is 33.6. The predicted molar refractivity (Wildman–Crippen MR) is 296 cm³/mol. The Kier molecular flexibility index (Phi) is 51.7. The lowest BCUT2D eigenvalue weighted by Gasteiger charge is -2.15. The van der Waals surface area contributed by atoms with E-state index in [1.807, 2.05) is 6.08 Å². The topological polar surface area (TPSA) is 72.8 Å². The molecule has 0 saturated carbocycles. The molecular weight excluding hydrogens is 837 g/mol. The van der Waals surface area contributed by atoms with E-state index in [1.54, 1.807) is 6.08 Å². The molecule has 5 heteroatoms. The fraction of sp³-hybridized carbons (Fsp3) is 0.460. The van der Waals surface area contributed by atoms with Crippen LogP contribution in [0.5, 0.6) is 0 Å². The van der Waals surface area contributed by atoms with Gasteiger partial charge in [0.1, 0.15) is 6.61 Å². The molecule has 0 radical (unpaired) electrons. The number of carbonyl (C=O) groups is 2. The largest absolute Gasteiger partial charge is 0.461 e. The number of rotatable bonds is 44. The smallest absolute Gasteiger partial charge is 0.309 e. The van der Waals surface area contributed by atoms with Gasteiger partial charge in [-0.2, -0.15) is 0 Å². The molecular formula is C63H92O5. The van der Waals surface area contributed by atoms with Crippen LogP contribution in [0, 0.1) is 0 Å². The summed E-state index contributed by atoms with van der Waals surface area (Å²) in [5, 5.41) is 9.59. The van der Waals surface area contributed by atoms with E-state index in [-0.39, 0.29) is 25.6 Å². The van der Waals surface area contributed by atoms with E-state index in [0.717, 1.165) is 141 Å². The maximum atomic E-state index is 12.2. The Hall–Kier alpha value is -5.26. The highest BCUT2D eigenvalue weighted by molar-refractivity contribution is 5.71. The standard InChI is InChI=1S/C63H92O5/c1-3-5-7-9-11-13-15-17-19-20-21-22-23-24-25-26-27-28-29-30-31-32-33-34-35-36-37-38-39-40-41-42-44-46-48-50-52-54-56-58-63(66)68-61(59-64)60-67-62(65)57-55-53-51-49-47-45-43-18-16-14-12-10-8-6-4-2/h5-8,11-14,17-19,21-22,24-25,27-28,30-31,33-34,36-37,39-40,42-44,47,49,53,55,61,64H,3-4,9-10,15-16,20,23,26,29,32,35,38,41,45-46,48,50-52,54,56-60H2,1-2H3/b7-5-,8-6-,13-11-,14-12-,19-17-,22-21-,25-24-,28-27-,31-30-,34-33-,37-36-,40-39-,43-18-,44-42-,49-47-,55-53-. The van der Waals surface area contributed by atoms with Gasteiger partial charge < -0.3 is 14.6 Å². The first-order valence-corrected chi connectivity index (χ1v) is 26.0. The Morgan fingerprint density at radius 3 is 0.956 bits per heavy atom. The summed E-state index contributed by atoms with van der Waals surface area (Å²) in [7, 11) is 0. The van der Waals surface area contributed by atoms with E-state index in [2.05, 4.69) is 196 Å². The maximum Gasteiger partial charge on any atom is 0.309 e. The van der Waals surface area contributed by atoms with Crippen LogP contribution in [0.25, 0.3) is 0 Å². The van der Waals surface area contributed by atoms with Crippen LogP contribution in [0.2, 0.25) is 0 Å². The van der Waals surface area contributed by atoms with Crippen molar-refractivity contribution < 1.29 is 24.2 Å². The van der Waals surface area contributed by atoms with E-state index in [0.29, 0.717) is 6.42 Å². The second-order valence-corrected chi connectivity index (χ2v) is 16.1. The van der Waals surface area contributed by atoms with Gasteiger partial charge in [-0.25, -0.2) is 0 Å². The molecule has 0 bridgehead atoms. The zero-order chi connectivity index (χ0) is 49.2. The van der Waals surface area contributed by atoms with Crippen LogP contribution in [0.3, 0.4) is 0 Å². The zero-order valence-corrected chi connectivity index (χ0v) is 42.5. The van der Waals surface area contributed by atoms with Crippen LogP contribution in [0.4, 0.5) is 0 Å². The summed E-state index contributed by atoms with van der Waals surface area (Å²) in [6.07, 6.45) is 91.2. The predicted octanol–water partition coefficient (Wildman–Crippen LogP) is 17.7. The van der Waals surface area contributed by atoms with Crippen molar-refractivity contribution in [3.8, 4) is 0 Å². The Morgan fingerprint density at radius 2 is 0.632 bits per heavy atom. The summed E-state index contributed by atoms with van der Waals surface area (Å²) in [5.74, 6) is -0.781. The fourth-order valence-corrected chi connectivity index (χ4v) is 6.10. The number of aliphatic hydroxyl groups excluding tert-OH is 1. The molecule has 0 fully saturated rings. The lowest BCUT2D eigenvalue weighted by molar-refractivity contribution is -0.161. The van der Waals surface area contributed by atoms with Gasteiger partial charge in [0.05, 0.1) is 13.0 Å². The van der Waals surface area contributed by atoms with Crippen molar-refractivity contribution in [3.63, 3.8) is 0 Å². The van der Waals surface area contributed by atoms with Crippen molar-refractivity contribution in [1.29, 1.82) is 0 Å². The molecule has 0 amide bonds. The molecule has 0 aromatic heterocycles. The number of esters is 2. The summed E-state index contributed by atoms with van der Waals surface area (Å²) in [6, 6.07) is 0. The van der Waals surface area contributed by atoms with Crippen molar-refractivity contribution in [1.82, 2.24) is 0 Å². The van der Waals surface area contributed by atoms with Gasteiger partial charge in [0, 0.05) is 6.42 Å². The first kappa shape index (κ1) is 62.7. The molecule has 1 unspecified atom stereocenters. The Labute approximate surface area is 416 Å². The van der Waals surface area contributed by atoms with Crippen molar-refractivity contribution in [2.75, 3.05) is 13.2 Å². The number of allylic oxidation sites excluding steroid dienone is 31. The van der Waals surface area contributed by atoms with E-state index < -0.39 is 12.1 Å².